The predicted molar refractivity (Wildman–Crippen MR) is 96.3 cm³/mol. The highest BCUT2D eigenvalue weighted by atomic mass is 16.5. The quantitative estimate of drug-likeness (QED) is 0.904. The minimum absolute atomic E-state index is 0.114. The molecule has 2 saturated carbocycles. The number of benzene rings is 2. The number of nitrogens with one attached hydrogen (secondary N) is 1. The molecule has 0 bridgehead atoms. The zero-order chi connectivity index (χ0) is 17.0. The third kappa shape index (κ3) is 2.35. The number of hydrogen-bond donors (Lipinski definition) is 2. The first kappa shape index (κ1) is 15.0. The fourth-order valence-corrected chi connectivity index (χ4v) is 4.68. The highest BCUT2D eigenvalue weighted by molar-refractivity contribution is 5.79. The van der Waals surface area contributed by atoms with E-state index in [0.29, 0.717) is 18.1 Å². The smallest absolute Gasteiger partial charge is 0.407 e. The van der Waals surface area contributed by atoms with E-state index in [1.807, 2.05) is 12.1 Å². The minimum atomic E-state index is -0.309. The average Bonchev–Trinajstić information content (AvgIpc) is 3.15. The van der Waals surface area contributed by atoms with Crippen LogP contribution >= 0.6 is 0 Å². The number of alkyl carbamates (subject to hydrolysis) is 1. The SMILES string of the molecule is NC1CC12CC(NC(=O)OCC1c3ccccc3-c3ccccc31)C2. The Kier molecular flexibility index (Phi) is 3.19. The van der Waals surface area contributed by atoms with Crippen LogP contribution in [-0.2, 0) is 4.74 Å². The van der Waals surface area contributed by atoms with Crippen LogP contribution in [0.25, 0.3) is 11.1 Å². The summed E-state index contributed by atoms with van der Waals surface area (Å²) in [6, 6.07) is 17.3. The van der Waals surface area contributed by atoms with Gasteiger partial charge in [0.15, 0.2) is 0 Å². The van der Waals surface area contributed by atoms with Crippen LogP contribution in [0.5, 0.6) is 0 Å². The van der Waals surface area contributed by atoms with E-state index >= 15 is 0 Å². The van der Waals surface area contributed by atoms with E-state index in [4.69, 9.17) is 10.5 Å². The van der Waals surface area contributed by atoms with Crippen LogP contribution in [0.3, 0.4) is 0 Å². The van der Waals surface area contributed by atoms with Gasteiger partial charge in [0.2, 0.25) is 0 Å². The molecule has 128 valence electrons. The van der Waals surface area contributed by atoms with E-state index in [2.05, 4.69) is 41.7 Å². The van der Waals surface area contributed by atoms with Crippen molar-refractivity contribution in [2.45, 2.75) is 37.3 Å². The lowest BCUT2D eigenvalue weighted by Gasteiger charge is -2.36. The topological polar surface area (TPSA) is 64.3 Å². The Bertz CT molecular complexity index is 796. The Morgan fingerprint density at radius 3 is 2.16 bits per heavy atom. The summed E-state index contributed by atoms with van der Waals surface area (Å²) < 4.78 is 5.58. The van der Waals surface area contributed by atoms with Gasteiger partial charge in [0.25, 0.3) is 0 Å². The van der Waals surface area contributed by atoms with Gasteiger partial charge in [-0.05, 0) is 46.9 Å². The highest BCUT2D eigenvalue weighted by Crippen LogP contribution is 2.59. The molecular formula is C21H22N2O2. The predicted octanol–water partition coefficient (Wildman–Crippen LogP) is 3.40. The standard InChI is InChI=1S/C21H22N2O2/c22-19-11-21(19)9-13(10-21)23-20(24)25-12-18-16-7-3-1-5-14(16)15-6-2-4-8-17(15)18/h1-8,13,18-19H,9-12,22H2,(H,23,24). The number of fused-ring (bicyclic) bond motifs is 3. The third-order valence-electron chi connectivity index (χ3n) is 6.22. The second-order valence-corrected chi connectivity index (χ2v) is 7.75. The Morgan fingerprint density at radius 1 is 1.04 bits per heavy atom. The Hall–Kier alpha value is -2.33. The van der Waals surface area contributed by atoms with Crippen LogP contribution < -0.4 is 11.1 Å². The average molecular weight is 334 g/mol. The molecule has 0 aliphatic heterocycles. The normalized spacial score (nSPS) is 28.8. The molecule has 2 aromatic rings. The van der Waals surface area contributed by atoms with Crippen molar-refractivity contribution >= 4 is 6.09 Å². The second kappa shape index (κ2) is 5.33. The lowest BCUT2D eigenvalue weighted by atomic mass is 9.76. The maximum absolute atomic E-state index is 12.2. The lowest BCUT2D eigenvalue weighted by Crippen LogP contribution is -2.47. The molecule has 0 aromatic heterocycles. The molecule has 0 heterocycles. The zero-order valence-corrected chi connectivity index (χ0v) is 14.1. The zero-order valence-electron chi connectivity index (χ0n) is 14.1. The molecule has 0 saturated heterocycles. The van der Waals surface area contributed by atoms with Crippen LogP contribution in [0, 0.1) is 5.41 Å². The molecule has 3 aliphatic rings. The molecule has 3 N–H and O–H groups in total. The molecule has 1 atom stereocenters. The molecule has 3 aliphatic carbocycles. The van der Waals surface area contributed by atoms with E-state index in [0.717, 1.165) is 19.3 Å². The maximum atomic E-state index is 12.2. The van der Waals surface area contributed by atoms with Crippen molar-refractivity contribution in [1.82, 2.24) is 5.32 Å². The molecule has 2 fully saturated rings. The van der Waals surface area contributed by atoms with Gasteiger partial charge in [0.1, 0.15) is 6.61 Å². The van der Waals surface area contributed by atoms with Gasteiger partial charge in [-0.2, -0.15) is 0 Å². The molecule has 4 heteroatoms. The van der Waals surface area contributed by atoms with Gasteiger partial charge in [-0.15, -0.1) is 0 Å². The van der Waals surface area contributed by atoms with Crippen LogP contribution in [0.15, 0.2) is 48.5 Å². The number of carbonyl (C=O) groups excluding carboxylic acids is 1. The molecular weight excluding hydrogens is 312 g/mol. The van der Waals surface area contributed by atoms with Crippen molar-refractivity contribution in [3.05, 3.63) is 59.7 Å². The van der Waals surface area contributed by atoms with E-state index in [1.54, 1.807) is 0 Å². The molecule has 2 aromatic carbocycles. The van der Waals surface area contributed by atoms with Gasteiger partial charge in [0.05, 0.1) is 0 Å². The molecule has 4 nitrogen and oxygen atoms in total. The minimum Gasteiger partial charge on any atom is -0.449 e. The van der Waals surface area contributed by atoms with Gasteiger partial charge < -0.3 is 15.8 Å². The summed E-state index contributed by atoms with van der Waals surface area (Å²) in [5.74, 6) is 0.114. The lowest BCUT2D eigenvalue weighted by molar-refractivity contribution is 0.119. The Morgan fingerprint density at radius 2 is 1.60 bits per heavy atom. The van der Waals surface area contributed by atoms with Gasteiger partial charge in [-0.25, -0.2) is 4.79 Å². The number of carbonyl (C=O) groups is 1. The first-order valence-corrected chi connectivity index (χ1v) is 9.03. The van der Waals surface area contributed by atoms with Crippen molar-refractivity contribution in [1.29, 1.82) is 0 Å². The number of ether oxygens (including phenoxy) is 1. The summed E-state index contributed by atoms with van der Waals surface area (Å²) >= 11 is 0. The van der Waals surface area contributed by atoms with Crippen LogP contribution in [0.4, 0.5) is 4.79 Å². The summed E-state index contributed by atoms with van der Waals surface area (Å²) in [5.41, 5.74) is 11.2. The van der Waals surface area contributed by atoms with E-state index in [9.17, 15) is 4.79 Å². The highest BCUT2D eigenvalue weighted by Gasteiger charge is 2.60. The first-order valence-electron chi connectivity index (χ1n) is 9.03. The van der Waals surface area contributed by atoms with E-state index in [1.165, 1.54) is 22.3 Å². The number of amides is 1. The third-order valence-corrected chi connectivity index (χ3v) is 6.22. The first-order chi connectivity index (χ1) is 12.2. The molecule has 25 heavy (non-hydrogen) atoms. The number of rotatable bonds is 3. The molecule has 5 rings (SSSR count). The number of hydrogen-bond acceptors (Lipinski definition) is 3. The van der Waals surface area contributed by atoms with Crippen molar-refractivity contribution < 1.29 is 9.53 Å². The molecule has 1 unspecified atom stereocenters. The largest absolute Gasteiger partial charge is 0.449 e. The summed E-state index contributed by atoms with van der Waals surface area (Å²) in [6.07, 6.45) is 2.79. The van der Waals surface area contributed by atoms with E-state index in [-0.39, 0.29) is 18.1 Å². The summed E-state index contributed by atoms with van der Waals surface area (Å²) in [5, 5.41) is 2.99. The maximum Gasteiger partial charge on any atom is 0.407 e. The molecule has 1 amide bonds. The van der Waals surface area contributed by atoms with Gasteiger partial charge in [-0.3, -0.25) is 0 Å². The van der Waals surface area contributed by atoms with Crippen LogP contribution in [-0.4, -0.2) is 24.8 Å². The van der Waals surface area contributed by atoms with Crippen molar-refractivity contribution in [2.24, 2.45) is 11.1 Å². The van der Waals surface area contributed by atoms with Crippen LogP contribution in [0.2, 0.25) is 0 Å². The van der Waals surface area contributed by atoms with Gasteiger partial charge in [-0.1, -0.05) is 48.5 Å². The summed E-state index contributed by atoms with van der Waals surface area (Å²) in [7, 11) is 0. The second-order valence-electron chi connectivity index (χ2n) is 7.75. The van der Waals surface area contributed by atoms with Crippen molar-refractivity contribution in [3.63, 3.8) is 0 Å². The van der Waals surface area contributed by atoms with Crippen molar-refractivity contribution in [3.8, 4) is 11.1 Å². The summed E-state index contributed by atoms with van der Waals surface area (Å²) in [4.78, 5) is 12.2. The summed E-state index contributed by atoms with van der Waals surface area (Å²) in [6.45, 7) is 0.372. The number of nitrogens with two attached hydrogens (primary N) is 1. The molecule has 1 spiro atoms. The van der Waals surface area contributed by atoms with Crippen LogP contribution in [0.1, 0.15) is 36.3 Å². The van der Waals surface area contributed by atoms with Gasteiger partial charge >= 0.3 is 6.09 Å². The Balaban J connectivity index is 1.24. The van der Waals surface area contributed by atoms with Gasteiger partial charge in [0, 0.05) is 18.0 Å². The fourth-order valence-electron chi connectivity index (χ4n) is 4.68. The van der Waals surface area contributed by atoms with Crippen molar-refractivity contribution in [2.75, 3.05) is 6.61 Å². The monoisotopic (exact) mass is 334 g/mol. The molecule has 0 radical (unpaired) electrons. The van der Waals surface area contributed by atoms with E-state index < -0.39 is 0 Å². The fraction of sp³-hybridized carbons (Fsp3) is 0.381. The Labute approximate surface area is 147 Å².